The van der Waals surface area contributed by atoms with Crippen LogP contribution in [0.15, 0.2) is 18.6 Å². The van der Waals surface area contributed by atoms with Crippen LogP contribution in [0.5, 0.6) is 0 Å². The molecule has 1 N–H and O–H groups in total. The molecule has 1 fully saturated rings. The van der Waals surface area contributed by atoms with Crippen molar-refractivity contribution < 1.29 is 17.9 Å². The smallest absolute Gasteiger partial charge is 0.369 e. The second-order valence-electron chi connectivity index (χ2n) is 4.99. The van der Waals surface area contributed by atoms with Gasteiger partial charge in [0.05, 0.1) is 11.8 Å². The molecule has 7 heteroatoms. The molecule has 1 heterocycles. The minimum absolute atomic E-state index is 0.170. The Hall–Kier alpha value is -1.21. The maximum atomic E-state index is 12.1. The first-order valence-corrected chi connectivity index (χ1v) is 6.69. The molecule has 1 aromatic rings. The van der Waals surface area contributed by atoms with Crippen LogP contribution in [0.3, 0.4) is 0 Å². The normalized spacial score (nSPS) is 23.8. The fourth-order valence-corrected chi connectivity index (χ4v) is 2.36. The first kappa shape index (κ1) is 15.2. The van der Waals surface area contributed by atoms with E-state index in [0.29, 0.717) is 19.4 Å². The number of rotatable bonds is 5. The van der Waals surface area contributed by atoms with Gasteiger partial charge in [0.1, 0.15) is 6.61 Å². The lowest BCUT2D eigenvalue weighted by molar-refractivity contribution is -0.188. The maximum Gasteiger partial charge on any atom is 0.411 e. The van der Waals surface area contributed by atoms with E-state index in [2.05, 4.69) is 15.3 Å². The van der Waals surface area contributed by atoms with Crippen LogP contribution in [0, 0.1) is 0 Å². The lowest BCUT2D eigenvalue weighted by Gasteiger charge is -2.30. The minimum Gasteiger partial charge on any atom is -0.369 e. The SMILES string of the molecule is FC(F)(F)COC1CCCC(NCc2cnccn2)C1. The lowest BCUT2D eigenvalue weighted by Crippen LogP contribution is -2.38. The first-order chi connectivity index (χ1) is 9.53. The number of hydrogen-bond acceptors (Lipinski definition) is 4. The predicted octanol–water partition coefficient (Wildman–Crippen LogP) is 2.46. The zero-order valence-electron chi connectivity index (χ0n) is 11.1. The molecule has 1 aliphatic carbocycles. The van der Waals surface area contributed by atoms with Crippen LogP contribution in [-0.4, -0.2) is 34.9 Å². The summed E-state index contributed by atoms with van der Waals surface area (Å²) in [5.74, 6) is 0. The minimum atomic E-state index is -4.25. The largest absolute Gasteiger partial charge is 0.411 e. The van der Waals surface area contributed by atoms with E-state index < -0.39 is 12.8 Å². The Balaban J connectivity index is 1.73. The van der Waals surface area contributed by atoms with Gasteiger partial charge in [0, 0.05) is 31.2 Å². The van der Waals surface area contributed by atoms with Crippen molar-refractivity contribution in [1.82, 2.24) is 15.3 Å². The number of alkyl halides is 3. The summed E-state index contributed by atoms with van der Waals surface area (Å²) in [5, 5.41) is 3.30. The van der Waals surface area contributed by atoms with Gasteiger partial charge in [-0.1, -0.05) is 0 Å². The maximum absolute atomic E-state index is 12.1. The van der Waals surface area contributed by atoms with E-state index >= 15 is 0 Å². The van der Waals surface area contributed by atoms with Gasteiger partial charge in [-0.25, -0.2) is 0 Å². The fraction of sp³-hybridized carbons (Fsp3) is 0.692. The van der Waals surface area contributed by atoms with Gasteiger partial charge in [0.15, 0.2) is 0 Å². The Morgan fingerprint density at radius 2 is 2.15 bits per heavy atom. The molecule has 0 radical (unpaired) electrons. The van der Waals surface area contributed by atoms with Gasteiger partial charge >= 0.3 is 6.18 Å². The summed E-state index contributed by atoms with van der Waals surface area (Å²) >= 11 is 0. The van der Waals surface area contributed by atoms with Crippen LogP contribution in [0.4, 0.5) is 13.2 Å². The van der Waals surface area contributed by atoms with Crippen molar-refractivity contribution in [3.63, 3.8) is 0 Å². The molecular formula is C13H18F3N3O. The summed E-state index contributed by atoms with van der Waals surface area (Å²) in [7, 11) is 0. The molecule has 0 aliphatic heterocycles. The molecule has 1 aromatic heterocycles. The molecule has 0 amide bonds. The highest BCUT2D eigenvalue weighted by atomic mass is 19.4. The summed E-state index contributed by atoms with van der Waals surface area (Å²) in [4.78, 5) is 8.11. The van der Waals surface area contributed by atoms with Crippen LogP contribution in [0.25, 0.3) is 0 Å². The van der Waals surface area contributed by atoms with E-state index in [-0.39, 0.29) is 12.1 Å². The van der Waals surface area contributed by atoms with Gasteiger partial charge < -0.3 is 10.1 Å². The van der Waals surface area contributed by atoms with Crippen molar-refractivity contribution in [3.8, 4) is 0 Å². The number of hydrogen-bond donors (Lipinski definition) is 1. The average Bonchev–Trinajstić information content (AvgIpc) is 2.44. The van der Waals surface area contributed by atoms with Crippen LogP contribution in [0.1, 0.15) is 31.4 Å². The van der Waals surface area contributed by atoms with Gasteiger partial charge in [-0.05, 0) is 25.7 Å². The molecule has 1 saturated carbocycles. The first-order valence-electron chi connectivity index (χ1n) is 6.69. The van der Waals surface area contributed by atoms with Gasteiger partial charge in [-0.2, -0.15) is 13.2 Å². The van der Waals surface area contributed by atoms with Crippen LogP contribution in [-0.2, 0) is 11.3 Å². The van der Waals surface area contributed by atoms with E-state index in [1.54, 1.807) is 18.6 Å². The van der Waals surface area contributed by atoms with Crippen molar-refractivity contribution in [2.75, 3.05) is 6.61 Å². The van der Waals surface area contributed by atoms with E-state index in [9.17, 15) is 13.2 Å². The van der Waals surface area contributed by atoms with Crippen LogP contribution in [0.2, 0.25) is 0 Å². The van der Waals surface area contributed by atoms with Gasteiger partial charge in [-0.15, -0.1) is 0 Å². The van der Waals surface area contributed by atoms with E-state index in [0.717, 1.165) is 18.5 Å². The highest BCUT2D eigenvalue weighted by molar-refractivity contribution is 4.94. The second-order valence-corrected chi connectivity index (χ2v) is 4.99. The molecule has 112 valence electrons. The highest BCUT2D eigenvalue weighted by Crippen LogP contribution is 2.24. The lowest BCUT2D eigenvalue weighted by atomic mass is 9.93. The molecule has 2 rings (SSSR count). The van der Waals surface area contributed by atoms with Crippen molar-refractivity contribution in [3.05, 3.63) is 24.3 Å². The zero-order valence-corrected chi connectivity index (χ0v) is 11.1. The number of ether oxygens (including phenoxy) is 1. The third-order valence-corrected chi connectivity index (χ3v) is 3.30. The Morgan fingerprint density at radius 1 is 1.30 bits per heavy atom. The zero-order chi connectivity index (χ0) is 14.4. The van der Waals surface area contributed by atoms with Gasteiger partial charge in [-0.3, -0.25) is 9.97 Å². The molecule has 0 aromatic carbocycles. The molecule has 20 heavy (non-hydrogen) atoms. The van der Waals surface area contributed by atoms with E-state index in [4.69, 9.17) is 4.74 Å². The summed E-state index contributed by atoms with van der Waals surface area (Å²) in [5.41, 5.74) is 0.825. The summed E-state index contributed by atoms with van der Waals surface area (Å²) in [6.45, 7) is -0.584. The Kier molecular flexibility index (Phi) is 5.31. The Morgan fingerprint density at radius 3 is 2.85 bits per heavy atom. The van der Waals surface area contributed by atoms with Crippen molar-refractivity contribution in [2.45, 2.75) is 50.6 Å². The molecular weight excluding hydrogens is 271 g/mol. The van der Waals surface area contributed by atoms with Crippen molar-refractivity contribution >= 4 is 0 Å². The average molecular weight is 289 g/mol. The molecule has 0 bridgehead atoms. The highest BCUT2D eigenvalue weighted by Gasteiger charge is 2.31. The summed E-state index contributed by atoms with van der Waals surface area (Å²) in [6, 6.07) is 0.170. The quantitative estimate of drug-likeness (QED) is 0.904. The van der Waals surface area contributed by atoms with Crippen LogP contribution < -0.4 is 5.32 Å². The summed E-state index contributed by atoms with van der Waals surface area (Å²) < 4.78 is 41.3. The number of halogens is 3. The van der Waals surface area contributed by atoms with Gasteiger partial charge in [0.2, 0.25) is 0 Å². The van der Waals surface area contributed by atoms with Gasteiger partial charge in [0.25, 0.3) is 0 Å². The van der Waals surface area contributed by atoms with Crippen molar-refractivity contribution in [2.24, 2.45) is 0 Å². The third-order valence-electron chi connectivity index (χ3n) is 3.30. The molecule has 1 aliphatic rings. The molecule has 2 atom stereocenters. The summed E-state index contributed by atoms with van der Waals surface area (Å²) in [6.07, 6.45) is 3.46. The van der Waals surface area contributed by atoms with Crippen LogP contribution >= 0.6 is 0 Å². The molecule has 4 nitrogen and oxygen atoms in total. The molecule has 0 spiro atoms. The monoisotopic (exact) mass is 289 g/mol. The predicted molar refractivity (Wildman–Crippen MR) is 66.9 cm³/mol. The Bertz CT molecular complexity index is 400. The molecule has 2 unspecified atom stereocenters. The Labute approximate surface area is 115 Å². The van der Waals surface area contributed by atoms with Crippen molar-refractivity contribution in [1.29, 1.82) is 0 Å². The van der Waals surface area contributed by atoms with E-state index in [1.165, 1.54) is 0 Å². The number of nitrogens with one attached hydrogen (secondary N) is 1. The van der Waals surface area contributed by atoms with E-state index in [1.807, 2.05) is 0 Å². The second kappa shape index (κ2) is 6.99. The molecule has 0 saturated heterocycles. The third kappa shape index (κ3) is 5.42. The topological polar surface area (TPSA) is 47.0 Å². The fourth-order valence-electron chi connectivity index (χ4n) is 2.36. The number of aromatic nitrogens is 2. The number of nitrogens with zero attached hydrogens (tertiary/aromatic N) is 2. The standard InChI is InChI=1S/C13H18F3N3O/c14-13(15,16)9-20-12-3-1-2-10(6-12)19-8-11-7-17-4-5-18-11/h4-5,7,10,12,19H,1-3,6,8-9H2.